The minimum atomic E-state index is 0.607. The summed E-state index contributed by atoms with van der Waals surface area (Å²) in [6, 6.07) is 30.8. The van der Waals surface area contributed by atoms with E-state index in [9.17, 15) is 0 Å². The second-order valence-corrected chi connectivity index (χ2v) is 7.88. The molecule has 0 atom stereocenters. The van der Waals surface area contributed by atoms with Gasteiger partial charge in [-0.3, -0.25) is 9.98 Å². The molecule has 3 aromatic carbocycles. The Hall–Kier alpha value is -3.83. The van der Waals surface area contributed by atoms with Crippen LogP contribution in [0.2, 0.25) is 0 Å². The Kier molecular flexibility index (Phi) is 5.50. The topological polar surface area (TPSA) is 42.5 Å². The molecule has 0 N–H and O–H groups in total. The van der Waals surface area contributed by atoms with Gasteiger partial charge in [0.25, 0.3) is 0 Å². The first-order valence-corrected chi connectivity index (χ1v) is 10.9. The smallest absolute Gasteiger partial charge is 0.206 e. The molecule has 0 saturated heterocycles. The number of thiazole rings is 1. The molecule has 0 bridgehead atoms. The first kappa shape index (κ1) is 19.2. The summed E-state index contributed by atoms with van der Waals surface area (Å²) in [5, 5.41) is 9.30. The third-order valence-electron chi connectivity index (χ3n) is 4.98. The van der Waals surface area contributed by atoms with Crippen molar-refractivity contribution in [3.8, 4) is 11.3 Å². The Morgan fingerprint density at radius 1 is 0.839 bits per heavy atom. The van der Waals surface area contributed by atoms with Crippen LogP contribution >= 0.6 is 11.3 Å². The third-order valence-corrected chi connectivity index (χ3v) is 5.84. The molecule has 31 heavy (non-hydrogen) atoms. The van der Waals surface area contributed by atoms with Gasteiger partial charge in [0.2, 0.25) is 4.80 Å². The highest BCUT2D eigenvalue weighted by Gasteiger charge is 2.10. The van der Waals surface area contributed by atoms with Crippen molar-refractivity contribution in [3.05, 3.63) is 119 Å². The maximum absolute atomic E-state index is 4.86. The van der Waals surface area contributed by atoms with Crippen molar-refractivity contribution in [2.75, 3.05) is 0 Å². The number of rotatable bonds is 5. The van der Waals surface area contributed by atoms with E-state index in [0.29, 0.717) is 6.54 Å². The maximum Gasteiger partial charge on any atom is 0.206 e. The lowest BCUT2D eigenvalue weighted by molar-refractivity contribution is 0.824. The molecule has 0 fully saturated rings. The molecule has 0 spiro atoms. The lowest BCUT2D eigenvalue weighted by atomic mass is 10.0. The molecule has 5 heteroatoms. The minimum absolute atomic E-state index is 0.607. The summed E-state index contributed by atoms with van der Waals surface area (Å²) >= 11 is 1.60. The summed E-state index contributed by atoms with van der Waals surface area (Å²) in [4.78, 5) is 10.1. The number of benzene rings is 3. The van der Waals surface area contributed by atoms with E-state index in [1.807, 2.05) is 41.1 Å². The molecular formula is C26H20N4S. The molecule has 0 aliphatic carbocycles. The summed E-state index contributed by atoms with van der Waals surface area (Å²) in [5.41, 5.74) is 4.12. The van der Waals surface area contributed by atoms with Crippen LogP contribution in [0.5, 0.6) is 0 Å². The number of nitrogens with zero attached hydrogens (tertiary/aromatic N) is 4. The highest BCUT2D eigenvalue weighted by atomic mass is 32.1. The Labute approximate surface area is 184 Å². The van der Waals surface area contributed by atoms with Crippen LogP contribution in [0.25, 0.3) is 22.0 Å². The maximum atomic E-state index is 4.86. The summed E-state index contributed by atoms with van der Waals surface area (Å²) in [5.74, 6) is 0. The van der Waals surface area contributed by atoms with E-state index in [1.54, 1.807) is 23.7 Å². The normalized spacial score (nSPS) is 12.1. The van der Waals surface area contributed by atoms with Gasteiger partial charge in [-0.05, 0) is 28.5 Å². The van der Waals surface area contributed by atoms with Crippen molar-refractivity contribution in [2.24, 2.45) is 10.1 Å². The lowest BCUT2D eigenvalue weighted by Crippen LogP contribution is -2.12. The average molecular weight is 421 g/mol. The first-order valence-electron chi connectivity index (χ1n) is 10.1. The Morgan fingerprint density at radius 3 is 2.52 bits per heavy atom. The van der Waals surface area contributed by atoms with Crippen LogP contribution in [-0.4, -0.2) is 15.9 Å². The number of hydrogen-bond acceptors (Lipinski definition) is 4. The van der Waals surface area contributed by atoms with Crippen molar-refractivity contribution in [3.63, 3.8) is 0 Å². The largest absolute Gasteiger partial charge is 0.255 e. The van der Waals surface area contributed by atoms with E-state index in [1.165, 1.54) is 16.3 Å². The van der Waals surface area contributed by atoms with Crippen molar-refractivity contribution in [1.29, 1.82) is 0 Å². The molecule has 0 aliphatic heterocycles. The van der Waals surface area contributed by atoms with Gasteiger partial charge in [0.15, 0.2) is 0 Å². The van der Waals surface area contributed by atoms with Gasteiger partial charge >= 0.3 is 0 Å². The number of hydrogen-bond donors (Lipinski definition) is 0. The van der Waals surface area contributed by atoms with Gasteiger partial charge in [0.05, 0.1) is 24.1 Å². The molecule has 2 heterocycles. The average Bonchev–Trinajstić information content (AvgIpc) is 3.25. The van der Waals surface area contributed by atoms with Crippen molar-refractivity contribution < 1.29 is 0 Å². The van der Waals surface area contributed by atoms with E-state index >= 15 is 0 Å². The zero-order chi connectivity index (χ0) is 20.9. The molecule has 0 unspecified atom stereocenters. The van der Waals surface area contributed by atoms with Crippen LogP contribution in [0.15, 0.2) is 113 Å². The summed E-state index contributed by atoms with van der Waals surface area (Å²) in [6.45, 7) is 0.607. The number of aromatic nitrogens is 2. The van der Waals surface area contributed by atoms with Gasteiger partial charge < -0.3 is 0 Å². The van der Waals surface area contributed by atoms with Gasteiger partial charge in [-0.25, -0.2) is 4.68 Å². The third kappa shape index (κ3) is 4.22. The zero-order valence-electron chi connectivity index (χ0n) is 16.8. The molecule has 0 aliphatic rings. The zero-order valence-corrected chi connectivity index (χ0v) is 17.6. The number of pyridine rings is 1. The van der Waals surface area contributed by atoms with Crippen LogP contribution in [0.4, 0.5) is 0 Å². The molecule has 0 saturated carbocycles. The number of fused-ring (bicyclic) bond motifs is 1. The summed E-state index contributed by atoms with van der Waals surface area (Å²) in [7, 11) is 0. The molecule has 0 amide bonds. The monoisotopic (exact) mass is 420 g/mol. The molecule has 5 aromatic rings. The molecule has 2 aromatic heterocycles. The molecule has 5 rings (SSSR count). The fourth-order valence-corrected chi connectivity index (χ4v) is 4.29. The Bertz CT molecular complexity index is 1390. The SMILES string of the molecule is C(=Nn1c(-c2cccc3ccccc23)csc1=NCc1ccccc1)c1ccccn1. The van der Waals surface area contributed by atoms with Crippen LogP contribution < -0.4 is 4.80 Å². The Balaban J connectivity index is 1.64. The molecule has 0 radical (unpaired) electrons. The van der Waals surface area contributed by atoms with Gasteiger partial charge in [0, 0.05) is 17.1 Å². The van der Waals surface area contributed by atoms with Crippen LogP contribution in [0.3, 0.4) is 0 Å². The van der Waals surface area contributed by atoms with E-state index < -0.39 is 0 Å². The fourth-order valence-electron chi connectivity index (χ4n) is 3.47. The highest BCUT2D eigenvalue weighted by Crippen LogP contribution is 2.29. The standard InChI is InChI=1S/C26H20N4S/c1-2-9-20(10-3-1)17-28-26-30(29-18-22-13-6-7-16-27-22)25(19-31-26)24-15-8-12-21-11-4-5-14-23(21)24/h1-16,18-19H,17H2. The van der Waals surface area contributed by atoms with Gasteiger partial charge in [-0.1, -0.05) is 78.9 Å². The van der Waals surface area contributed by atoms with Gasteiger partial charge in [-0.2, -0.15) is 5.10 Å². The lowest BCUT2D eigenvalue weighted by Gasteiger charge is -2.07. The van der Waals surface area contributed by atoms with E-state index in [0.717, 1.165) is 21.8 Å². The molecule has 4 nitrogen and oxygen atoms in total. The minimum Gasteiger partial charge on any atom is -0.255 e. The second-order valence-electron chi connectivity index (χ2n) is 7.04. The highest BCUT2D eigenvalue weighted by molar-refractivity contribution is 7.07. The summed E-state index contributed by atoms with van der Waals surface area (Å²) in [6.07, 6.45) is 3.55. The fraction of sp³-hybridized carbons (Fsp3) is 0.0385. The van der Waals surface area contributed by atoms with Gasteiger partial charge in [0.1, 0.15) is 0 Å². The quantitative estimate of drug-likeness (QED) is 0.334. The van der Waals surface area contributed by atoms with Gasteiger partial charge in [-0.15, -0.1) is 11.3 Å². The van der Waals surface area contributed by atoms with E-state index in [4.69, 9.17) is 10.1 Å². The van der Waals surface area contributed by atoms with Crippen molar-refractivity contribution >= 4 is 28.3 Å². The predicted molar refractivity (Wildman–Crippen MR) is 128 cm³/mol. The first-order chi connectivity index (χ1) is 15.4. The molecule has 150 valence electrons. The Morgan fingerprint density at radius 2 is 1.65 bits per heavy atom. The van der Waals surface area contributed by atoms with Crippen molar-refractivity contribution in [2.45, 2.75) is 6.54 Å². The second kappa shape index (κ2) is 8.90. The van der Waals surface area contributed by atoms with Crippen LogP contribution in [0.1, 0.15) is 11.3 Å². The van der Waals surface area contributed by atoms with Crippen molar-refractivity contribution in [1.82, 2.24) is 9.66 Å². The predicted octanol–water partition coefficient (Wildman–Crippen LogP) is 5.75. The van der Waals surface area contributed by atoms with E-state index in [-0.39, 0.29) is 0 Å². The van der Waals surface area contributed by atoms with E-state index in [2.05, 4.69) is 65.0 Å². The van der Waals surface area contributed by atoms with Crippen LogP contribution in [0, 0.1) is 0 Å². The van der Waals surface area contributed by atoms with Crippen LogP contribution in [-0.2, 0) is 6.54 Å². The summed E-state index contributed by atoms with van der Waals surface area (Å²) < 4.78 is 1.92. The molecular weight excluding hydrogens is 400 g/mol.